The van der Waals surface area contributed by atoms with Crippen LogP contribution in [0, 0.1) is 6.92 Å². The summed E-state index contributed by atoms with van der Waals surface area (Å²) in [6.07, 6.45) is 5.68. The summed E-state index contributed by atoms with van der Waals surface area (Å²) >= 11 is 0. The molecule has 7 heteroatoms. The van der Waals surface area contributed by atoms with Crippen molar-refractivity contribution in [3.8, 4) is 11.4 Å². The molecule has 3 heterocycles. The van der Waals surface area contributed by atoms with Gasteiger partial charge in [0.2, 0.25) is 0 Å². The Labute approximate surface area is 103 Å². The minimum absolute atomic E-state index is 0.513. The summed E-state index contributed by atoms with van der Waals surface area (Å²) in [5.74, 6) is 1.18. The van der Waals surface area contributed by atoms with E-state index in [2.05, 4.69) is 20.2 Å². The number of hydrogen-bond donors (Lipinski definition) is 1. The van der Waals surface area contributed by atoms with E-state index in [1.165, 1.54) is 0 Å². The number of hydrogen-bond acceptors (Lipinski definition) is 6. The number of nitrogens with two attached hydrogens (primary N) is 1. The molecule has 0 saturated carbocycles. The predicted octanol–water partition coefficient (Wildman–Crippen LogP) is 0.589. The van der Waals surface area contributed by atoms with Crippen LogP contribution in [0.3, 0.4) is 0 Å². The van der Waals surface area contributed by atoms with Gasteiger partial charge in [0.25, 0.3) is 0 Å². The third kappa shape index (κ3) is 1.65. The average molecular weight is 244 g/mol. The van der Waals surface area contributed by atoms with Crippen molar-refractivity contribution >= 4 is 5.84 Å². The molecule has 0 fully saturated rings. The van der Waals surface area contributed by atoms with Gasteiger partial charge in [0.05, 0.1) is 11.9 Å². The summed E-state index contributed by atoms with van der Waals surface area (Å²) in [4.78, 5) is 8.52. The number of oxazole rings is 1. The maximum atomic E-state index is 5.44. The fourth-order valence-corrected chi connectivity index (χ4v) is 1.85. The summed E-state index contributed by atoms with van der Waals surface area (Å²) in [6, 6.07) is 0. The lowest BCUT2D eigenvalue weighted by atomic mass is 10.3. The van der Waals surface area contributed by atoms with Gasteiger partial charge in [0, 0.05) is 12.6 Å². The Kier molecular flexibility index (Phi) is 2.52. The van der Waals surface area contributed by atoms with Crippen molar-refractivity contribution in [3.63, 3.8) is 0 Å². The lowest BCUT2D eigenvalue weighted by molar-refractivity contribution is 0.595. The second-order valence-corrected chi connectivity index (χ2v) is 3.90. The molecule has 0 atom stereocenters. The van der Waals surface area contributed by atoms with Crippen molar-refractivity contribution < 1.29 is 4.42 Å². The van der Waals surface area contributed by atoms with Crippen LogP contribution in [0.15, 0.2) is 23.1 Å². The highest BCUT2D eigenvalue weighted by molar-refractivity contribution is 5.60. The molecule has 0 amide bonds. The molecule has 92 valence electrons. The van der Waals surface area contributed by atoms with E-state index in [9.17, 15) is 0 Å². The van der Waals surface area contributed by atoms with E-state index in [-0.39, 0.29) is 0 Å². The minimum Gasteiger partial charge on any atom is -0.432 e. The fourth-order valence-electron chi connectivity index (χ4n) is 1.85. The van der Waals surface area contributed by atoms with Gasteiger partial charge >= 0.3 is 5.84 Å². The first-order valence-corrected chi connectivity index (χ1v) is 5.61. The lowest BCUT2D eigenvalue weighted by Gasteiger charge is -2.00. The van der Waals surface area contributed by atoms with Gasteiger partial charge in [-0.05, 0) is 13.5 Å². The van der Waals surface area contributed by atoms with Crippen LogP contribution in [0.5, 0.6) is 0 Å². The number of fused-ring (bicyclic) bond motifs is 1. The number of imidazole rings is 1. The number of aryl methyl sites for hydroxylation is 1. The van der Waals surface area contributed by atoms with E-state index in [1.807, 2.05) is 11.3 Å². The van der Waals surface area contributed by atoms with Gasteiger partial charge in [-0.2, -0.15) is 4.98 Å². The standard InChI is InChI=1S/C11H12N6O/c1-7-10(17-4-5-18-11(17)14-7)8-6-13-9(2-3-12)16-15-8/h4-6H,2-3,12H2,1H3. The zero-order chi connectivity index (χ0) is 12.5. The summed E-state index contributed by atoms with van der Waals surface area (Å²) in [6.45, 7) is 2.41. The van der Waals surface area contributed by atoms with E-state index < -0.39 is 0 Å². The second-order valence-electron chi connectivity index (χ2n) is 3.90. The van der Waals surface area contributed by atoms with Crippen molar-refractivity contribution in [1.82, 2.24) is 24.6 Å². The van der Waals surface area contributed by atoms with Gasteiger partial charge in [-0.3, -0.25) is 4.40 Å². The Morgan fingerprint density at radius 3 is 3.00 bits per heavy atom. The highest BCUT2D eigenvalue weighted by Crippen LogP contribution is 2.22. The Morgan fingerprint density at radius 1 is 1.39 bits per heavy atom. The Hall–Kier alpha value is -2.28. The van der Waals surface area contributed by atoms with Crippen LogP contribution in [0.2, 0.25) is 0 Å². The number of rotatable bonds is 3. The van der Waals surface area contributed by atoms with E-state index in [0.29, 0.717) is 30.3 Å². The molecule has 0 saturated heterocycles. The van der Waals surface area contributed by atoms with E-state index in [1.54, 1.807) is 18.7 Å². The second kappa shape index (κ2) is 4.19. The monoisotopic (exact) mass is 244 g/mol. The molecule has 0 aliphatic carbocycles. The highest BCUT2D eigenvalue weighted by Gasteiger charge is 2.14. The van der Waals surface area contributed by atoms with Crippen LogP contribution in [0.4, 0.5) is 0 Å². The molecule has 0 bridgehead atoms. The van der Waals surface area contributed by atoms with E-state index >= 15 is 0 Å². The van der Waals surface area contributed by atoms with Crippen LogP contribution in [0.25, 0.3) is 17.2 Å². The first kappa shape index (κ1) is 10.8. The van der Waals surface area contributed by atoms with Gasteiger partial charge in [-0.1, -0.05) is 0 Å². The minimum atomic E-state index is 0.513. The van der Waals surface area contributed by atoms with Crippen molar-refractivity contribution in [1.29, 1.82) is 0 Å². The molecule has 18 heavy (non-hydrogen) atoms. The first-order chi connectivity index (χ1) is 8.79. The van der Waals surface area contributed by atoms with Crippen molar-refractivity contribution in [2.75, 3.05) is 6.54 Å². The molecular formula is C11H12N6O. The van der Waals surface area contributed by atoms with Crippen molar-refractivity contribution in [2.45, 2.75) is 13.3 Å². The number of aromatic nitrogens is 5. The van der Waals surface area contributed by atoms with Crippen molar-refractivity contribution in [2.24, 2.45) is 5.73 Å². The van der Waals surface area contributed by atoms with Gasteiger partial charge in [0.15, 0.2) is 5.82 Å². The summed E-state index contributed by atoms with van der Waals surface area (Å²) in [7, 11) is 0. The molecule has 0 aliphatic heterocycles. The van der Waals surface area contributed by atoms with Crippen LogP contribution in [-0.4, -0.2) is 31.1 Å². The molecule has 0 radical (unpaired) electrons. The third-order valence-corrected chi connectivity index (χ3v) is 2.66. The summed E-state index contributed by atoms with van der Waals surface area (Å²) < 4.78 is 7.05. The van der Waals surface area contributed by atoms with Gasteiger partial charge in [-0.25, -0.2) is 4.98 Å². The summed E-state index contributed by atoms with van der Waals surface area (Å²) in [5.41, 5.74) is 7.79. The SMILES string of the molecule is Cc1nc2occn2c1-c1cnc(CCN)nn1. The Bertz CT molecular complexity index is 668. The molecule has 0 unspecified atom stereocenters. The van der Waals surface area contributed by atoms with E-state index in [4.69, 9.17) is 10.2 Å². The van der Waals surface area contributed by atoms with Crippen LogP contribution in [-0.2, 0) is 6.42 Å². The lowest BCUT2D eigenvalue weighted by Crippen LogP contribution is -2.07. The first-order valence-electron chi connectivity index (χ1n) is 5.61. The molecule has 7 nitrogen and oxygen atoms in total. The Balaban J connectivity index is 2.08. The molecule has 2 N–H and O–H groups in total. The highest BCUT2D eigenvalue weighted by atomic mass is 16.3. The topological polar surface area (TPSA) is 95.1 Å². The van der Waals surface area contributed by atoms with Gasteiger partial charge in [-0.15, -0.1) is 10.2 Å². The molecule has 3 rings (SSSR count). The molecular weight excluding hydrogens is 232 g/mol. The zero-order valence-electron chi connectivity index (χ0n) is 9.87. The largest absolute Gasteiger partial charge is 0.432 e. The predicted molar refractivity (Wildman–Crippen MR) is 63.8 cm³/mol. The maximum Gasteiger partial charge on any atom is 0.306 e. The smallest absolute Gasteiger partial charge is 0.306 e. The average Bonchev–Trinajstić information content (AvgIpc) is 2.91. The zero-order valence-corrected chi connectivity index (χ0v) is 9.87. The quantitative estimate of drug-likeness (QED) is 0.724. The molecule has 0 spiro atoms. The third-order valence-electron chi connectivity index (χ3n) is 2.66. The van der Waals surface area contributed by atoms with Gasteiger partial charge < -0.3 is 10.2 Å². The van der Waals surface area contributed by atoms with Gasteiger partial charge in [0.1, 0.15) is 17.7 Å². The number of nitrogens with zero attached hydrogens (tertiary/aromatic N) is 5. The molecule has 0 aliphatic rings. The van der Waals surface area contributed by atoms with Crippen LogP contribution >= 0.6 is 0 Å². The van der Waals surface area contributed by atoms with Crippen molar-refractivity contribution in [3.05, 3.63) is 30.2 Å². The Morgan fingerprint density at radius 2 is 2.28 bits per heavy atom. The fraction of sp³-hybridized carbons (Fsp3) is 0.273. The normalized spacial score (nSPS) is 11.2. The molecule has 3 aromatic heterocycles. The summed E-state index contributed by atoms with van der Waals surface area (Å²) in [5, 5.41) is 8.20. The molecule has 3 aromatic rings. The van der Waals surface area contributed by atoms with Crippen LogP contribution in [0.1, 0.15) is 11.5 Å². The molecule has 0 aromatic carbocycles. The van der Waals surface area contributed by atoms with Crippen LogP contribution < -0.4 is 5.73 Å². The maximum absolute atomic E-state index is 5.44. The van der Waals surface area contributed by atoms with E-state index in [0.717, 1.165) is 11.4 Å².